The maximum Gasteiger partial charge on any atom is 0.242 e. The lowest BCUT2D eigenvalue weighted by molar-refractivity contribution is -0.140. The van der Waals surface area contributed by atoms with Gasteiger partial charge < -0.3 is 10.2 Å². The van der Waals surface area contributed by atoms with Gasteiger partial charge in [-0.1, -0.05) is 61.5 Å². The largest absolute Gasteiger partial charge is 0.354 e. The second-order valence-corrected chi connectivity index (χ2v) is 6.58. The van der Waals surface area contributed by atoms with E-state index in [1.807, 2.05) is 68.4 Å². The summed E-state index contributed by atoms with van der Waals surface area (Å²) in [5.41, 5.74) is 3.10. The van der Waals surface area contributed by atoms with Gasteiger partial charge in [0.2, 0.25) is 11.8 Å². The molecule has 0 aliphatic heterocycles. The molecule has 0 saturated heterocycles. The lowest BCUT2D eigenvalue weighted by Gasteiger charge is -2.29. The molecule has 1 atom stereocenters. The Labute approximate surface area is 156 Å². The molecule has 0 fully saturated rings. The van der Waals surface area contributed by atoms with Crippen LogP contribution in [0.25, 0.3) is 0 Å². The number of nitrogens with zero attached hydrogens (tertiary/aromatic N) is 1. The molecule has 0 aliphatic carbocycles. The van der Waals surface area contributed by atoms with Gasteiger partial charge in [0.05, 0.1) is 6.42 Å². The molecular weight excluding hydrogens is 324 g/mol. The van der Waals surface area contributed by atoms with Crippen LogP contribution in [0.1, 0.15) is 37.0 Å². The number of benzene rings is 2. The Bertz CT molecular complexity index is 728. The lowest BCUT2D eigenvalue weighted by Crippen LogP contribution is -2.48. The van der Waals surface area contributed by atoms with E-state index in [4.69, 9.17) is 0 Å². The van der Waals surface area contributed by atoms with E-state index >= 15 is 0 Å². The molecule has 1 N–H and O–H groups in total. The van der Waals surface area contributed by atoms with Crippen LogP contribution in [0.15, 0.2) is 54.6 Å². The summed E-state index contributed by atoms with van der Waals surface area (Å²) in [6, 6.07) is 17.1. The van der Waals surface area contributed by atoms with Crippen molar-refractivity contribution in [3.8, 4) is 0 Å². The third kappa shape index (κ3) is 5.45. The van der Waals surface area contributed by atoms with Crippen LogP contribution in [-0.2, 0) is 22.6 Å². The van der Waals surface area contributed by atoms with Crippen molar-refractivity contribution >= 4 is 11.8 Å². The van der Waals surface area contributed by atoms with Gasteiger partial charge in [-0.05, 0) is 37.0 Å². The SMILES string of the molecule is CCCNC(=O)C(C)N(Cc1ccccc1)C(=O)Cc1ccccc1C. The molecule has 4 heteroatoms. The van der Waals surface area contributed by atoms with Gasteiger partial charge in [-0.25, -0.2) is 0 Å². The van der Waals surface area contributed by atoms with Crippen LogP contribution in [-0.4, -0.2) is 29.3 Å². The van der Waals surface area contributed by atoms with Gasteiger partial charge in [0.25, 0.3) is 0 Å². The number of hydrogen-bond acceptors (Lipinski definition) is 2. The van der Waals surface area contributed by atoms with E-state index in [-0.39, 0.29) is 11.8 Å². The Kier molecular flexibility index (Phi) is 7.39. The third-order valence-electron chi connectivity index (χ3n) is 4.52. The zero-order valence-corrected chi connectivity index (χ0v) is 15.9. The van der Waals surface area contributed by atoms with E-state index in [1.165, 1.54) is 0 Å². The zero-order chi connectivity index (χ0) is 18.9. The second-order valence-electron chi connectivity index (χ2n) is 6.58. The van der Waals surface area contributed by atoms with Crippen molar-refractivity contribution in [3.05, 3.63) is 71.3 Å². The topological polar surface area (TPSA) is 49.4 Å². The fraction of sp³-hybridized carbons (Fsp3) is 0.364. The molecule has 1 unspecified atom stereocenters. The predicted molar refractivity (Wildman–Crippen MR) is 105 cm³/mol. The number of amides is 2. The van der Waals surface area contributed by atoms with E-state index in [2.05, 4.69) is 5.32 Å². The molecule has 0 radical (unpaired) electrons. The van der Waals surface area contributed by atoms with Crippen LogP contribution in [0.4, 0.5) is 0 Å². The van der Waals surface area contributed by atoms with E-state index in [9.17, 15) is 9.59 Å². The Morgan fingerprint density at radius 1 is 1.04 bits per heavy atom. The molecule has 4 nitrogen and oxygen atoms in total. The number of rotatable bonds is 8. The molecule has 0 bridgehead atoms. The highest BCUT2D eigenvalue weighted by molar-refractivity contribution is 5.88. The number of hydrogen-bond donors (Lipinski definition) is 1. The third-order valence-corrected chi connectivity index (χ3v) is 4.52. The molecule has 138 valence electrons. The molecular formula is C22H28N2O2. The van der Waals surface area contributed by atoms with E-state index in [1.54, 1.807) is 11.8 Å². The molecule has 2 amide bonds. The highest BCUT2D eigenvalue weighted by atomic mass is 16.2. The molecule has 0 heterocycles. The summed E-state index contributed by atoms with van der Waals surface area (Å²) in [6.07, 6.45) is 1.17. The molecule has 0 saturated carbocycles. The quantitative estimate of drug-likeness (QED) is 0.791. The average Bonchev–Trinajstić information content (AvgIpc) is 2.66. The monoisotopic (exact) mass is 352 g/mol. The van der Waals surface area contributed by atoms with E-state index < -0.39 is 6.04 Å². The fourth-order valence-electron chi connectivity index (χ4n) is 2.83. The highest BCUT2D eigenvalue weighted by Gasteiger charge is 2.26. The van der Waals surface area contributed by atoms with Gasteiger partial charge in [0.1, 0.15) is 6.04 Å². The average molecular weight is 352 g/mol. The van der Waals surface area contributed by atoms with Gasteiger partial charge in [-0.2, -0.15) is 0 Å². The van der Waals surface area contributed by atoms with Gasteiger partial charge >= 0.3 is 0 Å². The maximum atomic E-state index is 13.0. The summed E-state index contributed by atoms with van der Waals surface area (Å²) in [5.74, 6) is -0.150. The first kappa shape index (κ1) is 19.7. The van der Waals surface area contributed by atoms with Crippen molar-refractivity contribution in [2.45, 2.75) is 46.2 Å². The molecule has 26 heavy (non-hydrogen) atoms. The molecule has 2 rings (SSSR count). The fourth-order valence-corrected chi connectivity index (χ4v) is 2.83. The summed E-state index contributed by atoms with van der Waals surface area (Å²) >= 11 is 0. The van der Waals surface area contributed by atoms with Crippen LogP contribution < -0.4 is 5.32 Å². The first-order valence-corrected chi connectivity index (χ1v) is 9.18. The minimum absolute atomic E-state index is 0.0395. The highest BCUT2D eigenvalue weighted by Crippen LogP contribution is 2.14. The van der Waals surface area contributed by atoms with Crippen molar-refractivity contribution in [3.63, 3.8) is 0 Å². The van der Waals surface area contributed by atoms with Crippen molar-refractivity contribution in [2.75, 3.05) is 6.54 Å². The zero-order valence-electron chi connectivity index (χ0n) is 15.9. The minimum atomic E-state index is -0.515. The minimum Gasteiger partial charge on any atom is -0.354 e. The van der Waals surface area contributed by atoms with Crippen molar-refractivity contribution in [2.24, 2.45) is 0 Å². The summed E-state index contributed by atoms with van der Waals surface area (Å²) < 4.78 is 0. The Hall–Kier alpha value is -2.62. The van der Waals surface area contributed by atoms with Crippen LogP contribution in [0.3, 0.4) is 0 Å². The van der Waals surface area contributed by atoms with Crippen LogP contribution in [0.2, 0.25) is 0 Å². The second kappa shape index (κ2) is 9.76. The van der Waals surface area contributed by atoms with Gasteiger partial charge in [0, 0.05) is 13.1 Å². The molecule has 0 aromatic heterocycles. The van der Waals surface area contributed by atoms with E-state index in [0.717, 1.165) is 23.1 Å². The first-order chi connectivity index (χ1) is 12.5. The summed E-state index contributed by atoms with van der Waals surface area (Å²) in [5, 5.41) is 2.90. The number of carbonyl (C=O) groups is 2. The van der Waals surface area contributed by atoms with E-state index in [0.29, 0.717) is 19.5 Å². The molecule has 0 spiro atoms. The Balaban J connectivity index is 2.19. The summed E-state index contributed by atoms with van der Waals surface area (Å²) in [7, 11) is 0. The predicted octanol–water partition coefficient (Wildman–Crippen LogP) is 3.48. The first-order valence-electron chi connectivity index (χ1n) is 9.18. The van der Waals surface area contributed by atoms with Crippen molar-refractivity contribution in [1.82, 2.24) is 10.2 Å². The van der Waals surface area contributed by atoms with Crippen molar-refractivity contribution in [1.29, 1.82) is 0 Å². The smallest absolute Gasteiger partial charge is 0.242 e. The Morgan fingerprint density at radius 3 is 2.35 bits per heavy atom. The van der Waals surface area contributed by atoms with Crippen LogP contribution >= 0.6 is 0 Å². The van der Waals surface area contributed by atoms with Gasteiger partial charge in [-0.15, -0.1) is 0 Å². The normalized spacial score (nSPS) is 11.7. The van der Waals surface area contributed by atoms with Crippen LogP contribution in [0.5, 0.6) is 0 Å². The molecule has 2 aromatic carbocycles. The number of carbonyl (C=O) groups excluding carboxylic acids is 2. The lowest BCUT2D eigenvalue weighted by atomic mass is 10.0. The summed E-state index contributed by atoms with van der Waals surface area (Å²) in [4.78, 5) is 27.2. The number of aryl methyl sites for hydroxylation is 1. The summed E-state index contributed by atoms with van der Waals surface area (Å²) in [6.45, 7) is 6.85. The standard InChI is InChI=1S/C22H28N2O2/c1-4-14-23-22(26)18(3)24(16-19-11-6-5-7-12-19)21(25)15-20-13-9-8-10-17(20)2/h5-13,18H,4,14-16H2,1-3H3,(H,23,26). The molecule has 2 aromatic rings. The number of nitrogens with one attached hydrogen (secondary N) is 1. The molecule has 0 aliphatic rings. The Morgan fingerprint density at radius 2 is 1.69 bits per heavy atom. The van der Waals surface area contributed by atoms with Gasteiger partial charge in [0.15, 0.2) is 0 Å². The van der Waals surface area contributed by atoms with Crippen LogP contribution in [0, 0.1) is 6.92 Å². The van der Waals surface area contributed by atoms with Crippen molar-refractivity contribution < 1.29 is 9.59 Å². The maximum absolute atomic E-state index is 13.0. The van der Waals surface area contributed by atoms with Gasteiger partial charge in [-0.3, -0.25) is 9.59 Å².